The summed E-state index contributed by atoms with van der Waals surface area (Å²) >= 11 is 0. The van der Waals surface area contributed by atoms with Gasteiger partial charge in [-0.05, 0) is 103 Å². The van der Waals surface area contributed by atoms with Crippen LogP contribution in [0.2, 0.25) is 0 Å². The van der Waals surface area contributed by atoms with Gasteiger partial charge in [0.25, 0.3) is 10.1 Å². The van der Waals surface area contributed by atoms with Crippen molar-refractivity contribution in [3.8, 4) is 16.9 Å². The van der Waals surface area contributed by atoms with Gasteiger partial charge in [0.15, 0.2) is 0 Å². The van der Waals surface area contributed by atoms with Crippen LogP contribution in [0.4, 0.5) is 45.5 Å². The summed E-state index contributed by atoms with van der Waals surface area (Å²) in [4.78, 5) is 11.1. The van der Waals surface area contributed by atoms with Crippen LogP contribution in [0.5, 0.6) is 5.75 Å². The Labute approximate surface area is 331 Å². The predicted molar refractivity (Wildman–Crippen MR) is 192 cm³/mol. The number of carbonyl (C=O) groups is 1. The van der Waals surface area contributed by atoms with E-state index in [9.17, 15) is 23.4 Å². The van der Waals surface area contributed by atoms with E-state index in [-0.39, 0.29) is 92.4 Å². The van der Waals surface area contributed by atoms with E-state index in [1.54, 1.807) is 50.2 Å². The number of rotatable bonds is 9. The largest absolute Gasteiger partial charge is 0.507 e. The molecule has 244 valence electrons. The molecule has 0 spiro atoms. The molecular formula is C33H28N8Na2O6S. The molecule has 0 aliphatic rings. The first-order chi connectivity index (χ1) is 22.8. The Morgan fingerprint density at radius 3 is 1.58 bits per heavy atom. The second kappa shape index (κ2) is 17.1. The van der Waals surface area contributed by atoms with Gasteiger partial charge in [-0.15, -0.1) is 10.2 Å². The van der Waals surface area contributed by atoms with Crippen LogP contribution in [0, 0.1) is 13.8 Å². The maximum absolute atomic E-state index is 11.4. The van der Waals surface area contributed by atoms with E-state index in [1.165, 1.54) is 30.3 Å². The van der Waals surface area contributed by atoms with Crippen LogP contribution in [0.25, 0.3) is 11.1 Å². The van der Waals surface area contributed by atoms with Crippen LogP contribution in [0.1, 0.15) is 21.5 Å². The van der Waals surface area contributed by atoms with Gasteiger partial charge in [-0.25, -0.2) is 4.79 Å². The quantitative estimate of drug-likeness (QED) is 0.0430. The van der Waals surface area contributed by atoms with Crippen molar-refractivity contribution in [1.82, 2.24) is 0 Å². The Morgan fingerprint density at radius 2 is 1.08 bits per heavy atom. The molecule has 17 heteroatoms. The van der Waals surface area contributed by atoms with Crippen molar-refractivity contribution >= 4 is 121 Å². The number of nitrogen functional groups attached to an aromatic ring is 2. The van der Waals surface area contributed by atoms with E-state index >= 15 is 0 Å². The summed E-state index contributed by atoms with van der Waals surface area (Å²) in [7, 11) is -4.33. The number of anilines is 2. The van der Waals surface area contributed by atoms with Crippen molar-refractivity contribution in [2.45, 2.75) is 18.7 Å². The molecule has 5 rings (SSSR count). The van der Waals surface area contributed by atoms with Crippen molar-refractivity contribution in [3.05, 3.63) is 108 Å². The fraction of sp³-hybridized carbons (Fsp3) is 0.0606. The molecule has 0 aromatic heterocycles. The molecule has 5 aromatic rings. The molecule has 0 saturated heterocycles. The van der Waals surface area contributed by atoms with Crippen molar-refractivity contribution < 1.29 is 28.0 Å². The van der Waals surface area contributed by atoms with Crippen molar-refractivity contribution in [1.29, 1.82) is 0 Å². The summed E-state index contributed by atoms with van der Waals surface area (Å²) in [5, 5.41) is 44.3. The van der Waals surface area contributed by atoms with Gasteiger partial charge in [-0.1, -0.05) is 24.3 Å². The smallest absolute Gasteiger partial charge is 0.339 e. The molecule has 14 nitrogen and oxygen atoms in total. The predicted octanol–water partition coefficient (Wildman–Crippen LogP) is 8.27. The van der Waals surface area contributed by atoms with Crippen LogP contribution < -0.4 is 11.5 Å². The normalized spacial score (nSPS) is 11.5. The average molecular weight is 711 g/mol. The molecule has 0 aliphatic carbocycles. The standard InChI is InChI=1S/C33H28N8O6S.2Na/c1-18-16-28(40-37-24-11-13-26(14-12-24)48(45,46)47)30(35)31(29(18)34)41-38-23-9-5-21(6-10-23)20-3-7-22(8-4-20)36-39-25-15-19(2)32(42)27(17-25)33(43)44;;/h3-17,42H,34-35H2,1-2H3,(H,43,44)(H,45,46,47);;. The molecule has 0 saturated carbocycles. The number of carboxylic acids is 1. The molecule has 0 fully saturated rings. The number of nitrogens with zero attached hydrogens (tertiary/aromatic N) is 6. The number of aryl methyl sites for hydroxylation is 2. The minimum Gasteiger partial charge on any atom is -0.507 e. The van der Waals surface area contributed by atoms with Crippen molar-refractivity contribution in [3.63, 3.8) is 0 Å². The second-order valence-corrected chi connectivity index (χ2v) is 11.9. The summed E-state index contributed by atoms with van der Waals surface area (Å²) in [6, 6.07) is 24.2. The number of carboxylic acid groups (broad SMARTS) is 1. The number of benzene rings is 5. The number of hydrogen-bond donors (Lipinski definition) is 5. The van der Waals surface area contributed by atoms with Gasteiger partial charge in [-0.3, -0.25) is 4.55 Å². The van der Waals surface area contributed by atoms with Gasteiger partial charge in [0.05, 0.1) is 39.0 Å². The number of aromatic carboxylic acids is 1. The Bertz CT molecular complexity index is 2230. The van der Waals surface area contributed by atoms with Crippen LogP contribution in [-0.4, -0.2) is 88.3 Å². The van der Waals surface area contributed by atoms with E-state index in [0.29, 0.717) is 39.6 Å². The third kappa shape index (κ3) is 9.68. The summed E-state index contributed by atoms with van der Waals surface area (Å²) in [5.41, 5.74) is 17.9. The van der Waals surface area contributed by atoms with E-state index in [0.717, 1.165) is 11.1 Å². The number of nitrogens with two attached hydrogens (primary N) is 2. The fourth-order valence-corrected chi connectivity index (χ4v) is 4.93. The van der Waals surface area contributed by atoms with Crippen LogP contribution in [0.15, 0.2) is 127 Å². The number of aromatic hydroxyl groups is 1. The fourth-order valence-electron chi connectivity index (χ4n) is 4.45. The first-order valence-electron chi connectivity index (χ1n) is 14.1. The van der Waals surface area contributed by atoms with Gasteiger partial charge in [0.1, 0.15) is 22.7 Å². The van der Waals surface area contributed by atoms with Gasteiger partial charge < -0.3 is 21.7 Å². The molecule has 7 N–H and O–H groups in total. The average Bonchev–Trinajstić information content (AvgIpc) is 3.06. The second-order valence-electron chi connectivity index (χ2n) is 10.5. The minimum absolute atomic E-state index is 0. The van der Waals surface area contributed by atoms with Gasteiger partial charge in [-0.2, -0.15) is 28.9 Å². The number of phenols is 1. The first kappa shape index (κ1) is 40.1. The van der Waals surface area contributed by atoms with E-state index in [4.69, 9.17) is 16.0 Å². The van der Waals surface area contributed by atoms with Gasteiger partial charge in [0.2, 0.25) is 0 Å². The van der Waals surface area contributed by atoms with E-state index < -0.39 is 16.1 Å². The van der Waals surface area contributed by atoms with E-state index in [1.807, 2.05) is 24.3 Å². The summed E-state index contributed by atoms with van der Waals surface area (Å²) in [5.74, 6) is -1.56. The molecule has 0 aliphatic heterocycles. The van der Waals surface area contributed by atoms with Gasteiger partial charge in [0, 0.05) is 59.1 Å². The molecule has 0 unspecified atom stereocenters. The zero-order valence-electron chi connectivity index (χ0n) is 27.5. The third-order valence-corrected chi connectivity index (χ3v) is 7.97. The molecular weight excluding hydrogens is 682 g/mol. The Kier molecular flexibility index (Phi) is 13.7. The molecule has 2 radical (unpaired) electrons. The molecule has 50 heavy (non-hydrogen) atoms. The number of hydrogen-bond acceptors (Lipinski definition) is 12. The topological polar surface area (TPSA) is 238 Å². The molecule has 5 aromatic carbocycles. The maximum atomic E-state index is 11.4. The zero-order chi connectivity index (χ0) is 34.6. The zero-order valence-corrected chi connectivity index (χ0v) is 32.3. The van der Waals surface area contributed by atoms with Gasteiger partial charge >= 0.3 is 5.97 Å². The summed E-state index contributed by atoms with van der Waals surface area (Å²) in [6.07, 6.45) is 0. The van der Waals surface area contributed by atoms with Crippen LogP contribution >= 0.6 is 0 Å². The molecule has 0 atom stereocenters. The molecule has 0 bridgehead atoms. The van der Waals surface area contributed by atoms with Crippen molar-refractivity contribution in [2.24, 2.45) is 30.7 Å². The number of azo groups is 3. The summed E-state index contributed by atoms with van der Waals surface area (Å²) < 4.78 is 31.7. The van der Waals surface area contributed by atoms with E-state index in [2.05, 4.69) is 30.7 Å². The van der Waals surface area contributed by atoms with Crippen molar-refractivity contribution in [2.75, 3.05) is 11.5 Å². The maximum Gasteiger partial charge on any atom is 0.339 e. The molecule has 0 heterocycles. The Morgan fingerprint density at radius 1 is 0.620 bits per heavy atom. The van der Waals surface area contributed by atoms with Crippen LogP contribution in [-0.2, 0) is 10.1 Å². The first-order valence-corrected chi connectivity index (χ1v) is 15.5. The SMILES string of the molecule is Cc1cc(N=Nc2ccc(S(=O)(=O)O)cc2)c(N)c(N=Nc2ccc(-c3ccc(N=Nc4cc(C)c(O)c(C(=O)O)c4)cc3)cc2)c1N.[Na].[Na]. The third-order valence-electron chi connectivity index (χ3n) is 7.10. The Balaban J connectivity index is 0.00000338. The minimum atomic E-state index is -4.33. The Hall–Kier alpha value is -4.32. The summed E-state index contributed by atoms with van der Waals surface area (Å²) in [6.45, 7) is 3.35. The monoisotopic (exact) mass is 710 g/mol. The molecule has 0 amide bonds. The van der Waals surface area contributed by atoms with Crippen LogP contribution in [0.3, 0.4) is 0 Å².